The molecule has 1 aliphatic heterocycles. The van der Waals surface area contributed by atoms with Gasteiger partial charge in [0.2, 0.25) is 5.91 Å². The molecule has 8 rings (SSSR count). The second-order valence-corrected chi connectivity index (χ2v) is 13.8. The number of likely N-dealkylation sites (tertiary alicyclic amines) is 1. The third-order valence-electron chi connectivity index (χ3n) is 10.1. The van der Waals surface area contributed by atoms with Crippen molar-refractivity contribution in [3.05, 3.63) is 34.7 Å². The van der Waals surface area contributed by atoms with E-state index in [1.54, 1.807) is 14.0 Å². The number of aryl methyl sites for hydroxylation is 1. The number of ether oxygens (including phenoxy) is 1. The van der Waals surface area contributed by atoms with Gasteiger partial charge in [-0.15, -0.1) is 11.3 Å². The lowest BCUT2D eigenvalue weighted by atomic mass is 9.76. The number of fused-ring (bicyclic) bond motifs is 4. The summed E-state index contributed by atoms with van der Waals surface area (Å²) in [5, 5.41) is 5.41. The van der Waals surface area contributed by atoms with Crippen molar-refractivity contribution in [2.45, 2.75) is 76.4 Å². The number of carbonyl (C=O) groups excluding carboxylic acids is 2. The van der Waals surface area contributed by atoms with E-state index in [1.165, 1.54) is 35.0 Å². The zero-order valence-corrected chi connectivity index (χ0v) is 24.8. The smallest absolute Gasteiger partial charge is 0.254 e. The summed E-state index contributed by atoms with van der Waals surface area (Å²) in [6.07, 6.45) is 8.04. The third-order valence-corrected chi connectivity index (χ3v) is 11.0. The van der Waals surface area contributed by atoms with Gasteiger partial charge in [0.15, 0.2) is 5.82 Å². The number of carbonyl (C=O) groups is 2. The van der Waals surface area contributed by atoms with E-state index in [2.05, 4.69) is 37.8 Å². The van der Waals surface area contributed by atoms with Gasteiger partial charge >= 0.3 is 0 Å². The van der Waals surface area contributed by atoms with Crippen LogP contribution in [0.15, 0.2) is 23.6 Å². The molecule has 1 N–H and O–H groups in total. The SMILES string of the molecule is COc1cc(C(=O)N2C[C@H]3CC[C@@H]2C3)cc2nc(-c3cc4scc(C5CC(NC(C)=O)C5)c4n3CC3CC3)n(C)c12. The summed E-state index contributed by atoms with van der Waals surface area (Å²) < 4.78 is 11.8. The van der Waals surface area contributed by atoms with Crippen LogP contribution in [0.25, 0.3) is 32.8 Å². The quantitative estimate of drug-likeness (QED) is 0.309. The van der Waals surface area contributed by atoms with Crippen molar-refractivity contribution in [2.24, 2.45) is 18.9 Å². The lowest BCUT2D eigenvalue weighted by Crippen LogP contribution is -2.42. The normalized spacial score (nSPS) is 25.3. The highest BCUT2D eigenvalue weighted by Crippen LogP contribution is 2.46. The Morgan fingerprint density at radius 2 is 1.93 bits per heavy atom. The first kappa shape index (κ1) is 25.4. The summed E-state index contributed by atoms with van der Waals surface area (Å²) in [4.78, 5) is 32.4. The summed E-state index contributed by atoms with van der Waals surface area (Å²) in [5.74, 6) is 3.58. The summed E-state index contributed by atoms with van der Waals surface area (Å²) in [5.41, 5.74) is 6.26. The molecule has 4 aliphatic rings. The van der Waals surface area contributed by atoms with Gasteiger partial charge in [0, 0.05) is 44.7 Å². The van der Waals surface area contributed by atoms with Crippen LogP contribution in [-0.4, -0.2) is 56.6 Å². The van der Waals surface area contributed by atoms with Crippen molar-refractivity contribution in [1.82, 2.24) is 24.3 Å². The van der Waals surface area contributed by atoms with Gasteiger partial charge in [0.05, 0.1) is 28.5 Å². The van der Waals surface area contributed by atoms with E-state index in [0.717, 1.165) is 61.3 Å². The molecular formula is C32H37N5O3S. The molecule has 3 aromatic heterocycles. The maximum atomic E-state index is 13.6. The fourth-order valence-corrected chi connectivity index (χ4v) is 8.83. The number of amides is 2. The highest BCUT2D eigenvalue weighted by atomic mass is 32.1. The Morgan fingerprint density at radius 3 is 2.61 bits per heavy atom. The Hall–Kier alpha value is -3.33. The largest absolute Gasteiger partial charge is 0.494 e. The van der Waals surface area contributed by atoms with E-state index in [9.17, 15) is 9.59 Å². The van der Waals surface area contributed by atoms with Crippen molar-refractivity contribution in [3.63, 3.8) is 0 Å². The minimum atomic E-state index is 0.0538. The predicted octanol–water partition coefficient (Wildman–Crippen LogP) is 5.68. The Labute approximate surface area is 243 Å². The molecule has 9 heteroatoms. The van der Waals surface area contributed by atoms with E-state index < -0.39 is 0 Å². The molecule has 2 amide bonds. The van der Waals surface area contributed by atoms with Gasteiger partial charge in [-0.3, -0.25) is 9.59 Å². The molecule has 3 saturated carbocycles. The first-order valence-corrected chi connectivity index (χ1v) is 16.0. The van der Waals surface area contributed by atoms with Crippen LogP contribution >= 0.6 is 11.3 Å². The fourth-order valence-electron chi connectivity index (χ4n) is 7.75. The molecule has 0 spiro atoms. The molecule has 4 fully saturated rings. The number of nitrogens with zero attached hydrogens (tertiary/aromatic N) is 4. The van der Waals surface area contributed by atoms with Crippen LogP contribution < -0.4 is 10.1 Å². The van der Waals surface area contributed by atoms with Crippen LogP contribution in [0.2, 0.25) is 0 Å². The summed E-state index contributed by atoms with van der Waals surface area (Å²) in [7, 11) is 3.74. The van der Waals surface area contributed by atoms with Crippen LogP contribution in [-0.2, 0) is 18.4 Å². The van der Waals surface area contributed by atoms with E-state index >= 15 is 0 Å². The van der Waals surface area contributed by atoms with Gasteiger partial charge in [-0.05, 0) is 91.8 Å². The molecule has 2 bridgehead atoms. The van der Waals surface area contributed by atoms with Gasteiger partial charge in [-0.25, -0.2) is 4.98 Å². The molecule has 0 radical (unpaired) electrons. The molecule has 1 aromatic carbocycles. The Balaban J connectivity index is 1.20. The van der Waals surface area contributed by atoms with Gasteiger partial charge in [-0.1, -0.05) is 0 Å². The van der Waals surface area contributed by atoms with Gasteiger partial charge in [-0.2, -0.15) is 0 Å². The second kappa shape index (κ2) is 9.34. The van der Waals surface area contributed by atoms with Gasteiger partial charge < -0.3 is 24.1 Å². The molecule has 4 aromatic rings. The number of aromatic nitrogens is 3. The number of hydrogen-bond donors (Lipinski definition) is 1. The highest BCUT2D eigenvalue weighted by Gasteiger charge is 2.41. The molecule has 3 aliphatic carbocycles. The number of imidazole rings is 1. The Bertz CT molecular complexity index is 1710. The molecule has 214 valence electrons. The molecule has 41 heavy (non-hydrogen) atoms. The third kappa shape index (κ3) is 4.10. The average molecular weight is 572 g/mol. The number of piperidine rings is 1. The van der Waals surface area contributed by atoms with Crippen molar-refractivity contribution < 1.29 is 14.3 Å². The molecule has 1 saturated heterocycles. The second-order valence-electron chi connectivity index (χ2n) is 12.9. The lowest BCUT2D eigenvalue weighted by molar-refractivity contribution is -0.120. The molecule has 2 atom stereocenters. The van der Waals surface area contributed by atoms with Crippen LogP contribution in [0.4, 0.5) is 0 Å². The number of hydrogen-bond acceptors (Lipinski definition) is 5. The summed E-state index contributed by atoms with van der Waals surface area (Å²) >= 11 is 1.81. The zero-order chi connectivity index (χ0) is 28.0. The summed E-state index contributed by atoms with van der Waals surface area (Å²) in [6, 6.07) is 6.83. The fraction of sp³-hybridized carbons (Fsp3) is 0.531. The molecule has 8 nitrogen and oxygen atoms in total. The number of nitrogens with one attached hydrogen (secondary N) is 1. The maximum Gasteiger partial charge on any atom is 0.254 e. The number of rotatable bonds is 7. The maximum absolute atomic E-state index is 13.6. The average Bonchev–Trinajstić information content (AvgIpc) is 3.33. The number of methoxy groups -OCH3 is 1. The van der Waals surface area contributed by atoms with Crippen LogP contribution in [0.1, 0.15) is 73.7 Å². The van der Waals surface area contributed by atoms with Crippen molar-refractivity contribution in [3.8, 4) is 17.3 Å². The first-order chi connectivity index (χ1) is 19.9. The Kier molecular flexibility index (Phi) is 5.78. The monoisotopic (exact) mass is 571 g/mol. The number of benzene rings is 1. The Morgan fingerprint density at radius 1 is 1.10 bits per heavy atom. The lowest BCUT2D eigenvalue weighted by Gasteiger charge is -2.35. The van der Waals surface area contributed by atoms with Crippen LogP contribution in [0, 0.1) is 11.8 Å². The minimum absolute atomic E-state index is 0.0538. The van der Waals surface area contributed by atoms with Crippen LogP contribution in [0.3, 0.4) is 0 Å². The van der Waals surface area contributed by atoms with Crippen molar-refractivity contribution in [1.29, 1.82) is 0 Å². The van der Waals surface area contributed by atoms with Gasteiger partial charge in [0.1, 0.15) is 11.3 Å². The van der Waals surface area contributed by atoms with E-state index in [-0.39, 0.29) is 17.9 Å². The van der Waals surface area contributed by atoms with Crippen molar-refractivity contribution in [2.75, 3.05) is 13.7 Å². The standard InChI is InChI=1S/C32H37N5O3S/c1-17(38)33-22-9-20(10-22)24-16-41-28-13-26(37(29(24)28)14-18-4-5-18)31-34-25-11-21(12-27(40-3)30(25)35(31)2)32(39)36-15-19-6-7-23(36)8-19/h11-13,16,18-20,22-23H,4-10,14-15H2,1-3H3,(H,33,38)/t19-,20?,22?,23+/m0/s1. The summed E-state index contributed by atoms with van der Waals surface area (Å²) in [6.45, 7) is 3.47. The molecule has 0 unspecified atom stereocenters. The van der Waals surface area contributed by atoms with E-state index in [0.29, 0.717) is 35.1 Å². The predicted molar refractivity (Wildman–Crippen MR) is 161 cm³/mol. The first-order valence-electron chi connectivity index (χ1n) is 15.1. The van der Waals surface area contributed by atoms with Gasteiger partial charge in [0.25, 0.3) is 5.91 Å². The van der Waals surface area contributed by atoms with E-state index in [1.807, 2.05) is 23.5 Å². The minimum Gasteiger partial charge on any atom is -0.494 e. The van der Waals surface area contributed by atoms with Crippen molar-refractivity contribution >= 4 is 44.4 Å². The van der Waals surface area contributed by atoms with Crippen LogP contribution in [0.5, 0.6) is 5.75 Å². The molecular weight excluding hydrogens is 534 g/mol. The molecule has 4 heterocycles. The highest BCUT2D eigenvalue weighted by molar-refractivity contribution is 7.17. The zero-order valence-electron chi connectivity index (χ0n) is 24.0. The topological polar surface area (TPSA) is 81.4 Å². The van der Waals surface area contributed by atoms with E-state index in [4.69, 9.17) is 9.72 Å². The number of thiophene rings is 1.